The van der Waals surface area contributed by atoms with E-state index in [-0.39, 0.29) is 5.41 Å². The van der Waals surface area contributed by atoms with Crippen molar-refractivity contribution in [2.45, 2.75) is 51.6 Å². The predicted octanol–water partition coefficient (Wildman–Crippen LogP) is 2.86. The molecule has 0 spiro atoms. The highest BCUT2D eigenvalue weighted by molar-refractivity contribution is 5.38. The zero-order valence-electron chi connectivity index (χ0n) is 12.0. The van der Waals surface area contributed by atoms with Gasteiger partial charge in [0, 0.05) is 0 Å². The molecule has 2 rings (SSSR count). The first kappa shape index (κ1) is 13.6. The van der Waals surface area contributed by atoms with Gasteiger partial charge in [-0.25, -0.2) is 0 Å². The van der Waals surface area contributed by atoms with Gasteiger partial charge >= 0.3 is 0 Å². The van der Waals surface area contributed by atoms with Gasteiger partial charge in [0.1, 0.15) is 0 Å². The van der Waals surface area contributed by atoms with Gasteiger partial charge in [-0.15, -0.1) is 0 Å². The summed E-state index contributed by atoms with van der Waals surface area (Å²) in [6.45, 7) is 10.5. The minimum Gasteiger partial charge on any atom is -0.385 e. The summed E-state index contributed by atoms with van der Waals surface area (Å²) in [5.41, 5.74) is 3.11. The topological polar surface area (TPSA) is 32.3 Å². The van der Waals surface area contributed by atoms with Crippen LogP contribution in [0, 0.1) is 6.92 Å². The largest absolute Gasteiger partial charge is 0.385 e. The van der Waals surface area contributed by atoms with Crippen LogP contribution in [0.4, 0.5) is 0 Å². The van der Waals surface area contributed by atoms with E-state index in [1.54, 1.807) is 0 Å². The van der Waals surface area contributed by atoms with Crippen LogP contribution in [-0.4, -0.2) is 18.2 Å². The normalized spacial score (nSPS) is 19.8. The molecule has 1 aliphatic heterocycles. The molecule has 2 nitrogen and oxygen atoms in total. The van der Waals surface area contributed by atoms with E-state index >= 15 is 0 Å². The SMILES string of the molecule is Cc1ccc(C(C)(C)C)cc1C1(O)CCNCC1. The number of rotatable bonds is 1. The van der Waals surface area contributed by atoms with Crippen molar-refractivity contribution in [3.63, 3.8) is 0 Å². The second-order valence-electron chi connectivity index (χ2n) is 6.56. The molecule has 1 aliphatic rings. The monoisotopic (exact) mass is 247 g/mol. The van der Waals surface area contributed by atoms with E-state index in [9.17, 15) is 5.11 Å². The van der Waals surface area contributed by atoms with Crippen LogP contribution in [-0.2, 0) is 11.0 Å². The van der Waals surface area contributed by atoms with E-state index in [2.05, 4.69) is 51.2 Å². The van der Waals surface area contributed by atoms with Crippen LogP contribution >= 0.6 is 0 Å². The Labute approximate surface area is 110 Å². The van der Waals surface area contributed by atoms with Crippen molar-refractivity contribution in [3.05, 3.63) is 34.9 Å². The van der Waals surface area contributed by atoms with Crippen molar-refractivity contribution in [3.8, 4) is 0 Å². The van der Waals surface area contributed by atoms with E-state index in [0.29, 0.717) is 0 Å². The number of piperidine rings is 1. The van der Waals surface area contributed by atoms with Gasteiger partial charge in [-0.05, 0) is 55.0 Å². The quantitative estimate of drug-likeness (QED) is 0.800. The van der Waals surface area contributed by atoms with Crippen LogP contribution in [0.3, 0.4) is 0 Å². The molecule has 1 fully saturated rings. The Morgan fingerprint density at radius 3 is 2.33 bits per heavy atom. The molecule has 2 heteroatoms. The summed E-state index contributed by atoms with van der Waals surface area (Å²) in [4.78, 5) is 0. The fourth-order valence-electron chi connectivity index (χ4n) is 2.70. The van der Waals surface area contributed by atoms with Crippen molar-refractivity contribution in [2.75, 3.05) is 13.1 Å². The molecule has 100 valence electrons. The molecule has 0 radical (unpaired) electrons. The van der Waals surface area contributed by atoms with Crippen LogP contribution in [0.15, 0.2) is 18.2 Å². The molecule has 0 bridgehead atoms. The standard InChI is InChI=1S/C16H25NO/c1-12-5-6-13(15(2,3)4)11-14(12)16(18)7-9-17-10-8-16/h5-6,11,17-18H,7-10H2,1-4H3. The lowest BCUT2D eigenvalue weighted by atomic mass is 9.78. The molecule has 0 aromatic heterocycles. The Hall–Kier alpha value is -0.860. The molecule has 2 N–H and O–H groups in total. The van der Waals surface area contributed by atoms with Crippen molar-refractivity contribution in [1.29, 1.82) is 0 Å². The summed E-state index contributed by atoms with van der Waals surface area (Å²) in [6.07, 6.45) is 1.61. The van der Waals surface area contributed by atoms with Gasteiger partial charge < -0.3 is 10.4 Å². The lowest BCUT2D eigenvalue weighted by Crippen LogP contribution is -2.40. The third-order valence-corrected chi connectivity index (χ3v) is 4.04. The number of nitrogens with one attached hydrogen (secondary N) is 1. The lowest BCUT2D eigenvalue weighted by Gasteiger charge is -2.35. The van der Waals surface area contributed by atoms with E-state index < -0.39 is 5.60 Å². The molecule has 1 aromatic carbocycles. The van der Waals surface area contributed by atoms with E-state index in [1.165, 1.54) is 11.1 Å². The first-order chi connectivity index (χ1) is 8.33. The highest BCUT2D eigenvalue weighted by Gasteiger charge is 2.33. The zero-order chi connectivity index (χ0) is 13.4. The van der Waals surface area contributed by atoms with Crippen LogP contribution in [0.5, 0.6) is 0 Å². The fraction of sp³-hybridized carbons (Fsp3) is 0.625. The maximum absolute atomic E-state index is 10.9. The smallest absolute Gasteiger partial charge is 0.0923 e. The molecule has 1 heterocycles. The second-order valence-corrected chi connectivity index (χ2v) is 6.56. The number of aliphatic hydroxyl groups is 1. The number of aryl methyl sites for hydroxylation is 1. The van der Waals surface area contributed by atoms with Gasteiger partial charge in [0.15, 0.2) is 0 Å². The molecule has 18 heavy (non-hydrogen) atoms. The van der Waals surface area contributed by atoms with Crippen LogP contribution in [0.25, 0.3) is 0 Å². The van der Waals surface area contributed by atoms with Crippen molar-refractivity contribution in [1.82, 2.24) is 5.32 Å². The van der Waals surface area contributed by atoms with E-state index in [4.69, 9.17) is 0 Å². The Morgan fingerprint density at radius 1 is 1.17 bits per heavy atom. The maximum Gasteiger partial charge on any atom is 0.0923 e. The summed E-state index contributed by atoms with van der Waals surface area (Å²) in [7, 11) is 0. The molecule has 0 saturated carbocycles. The predicted molar refractivity (Wildman–Crippen MR) is 75.9 cm³/mol. The summed E-state index contributed by atoms with van der Waals surface area (Å²) in [5, 5.41) is 14.2. The average molecular weight is 247 g/mol. The molecular formula is C16H25NO. The molecular weight excluding hydrogens is 222 g/mol. The molecule has 0 amide bonds. The average Bonchev–Trinajstić information content (AvgIpc) is 2.28. The van der Waals surface area contributed by atoms with Crippen LogP contribution in [0.2, 0.25) is 0 Å². The molecule has 0 atom stereocenters. The van der Waals surface area contributed by atoms with Gasteiger partial charge in [-0.1, -0.05) is 39.0 Å². The van der Waals surface area contributed by atoms with Gasteiger partial charge in [-0.2, -0.15) is 0 Å². The number of benzene rings is 1. The third-order valence-electron chi connectivity index (χ3n) is 4.04. The first-order valence-corrected chi connectivity index (χ1v) is 6.88. The van der Waals surface area contributed by atoms with E-state index in [0.717, 1.165) is 31.5 Å². The highest BCUT2D eigenvalue weighted by atomic mass is 16.3. The Bertz CT molecular complexity index is 425. The summed E-state index contributed by atoms with van der Waals surface area (Å²) >= 11 is 0. The Balaban J connectivity index is 2.43. The minimum absolute atomic E-state index is 0.131. The summed E-state index contributed by atoms with van der Waals surface area (Å²) < 4.78 is 0. The second kappa shape index (κ2) is 4.67. The summed E-state index contributed by atoms with van der Waals surface area (Å²) in [6, 6.07) is 6.54. The number of hydrogen-bond acceptors (Lipinski definition) is 2. The first-order valence-electron chi connectivity index (χ1n) is 6.88. The Kier molecular flexibility index (Phi) is 3.52. The van der Waals surface area contributed by atoms with Crippen molar-refractivity contribution in [2.24, 2.45) is 0 Å². The number of hydrogen-bond donors (Lipinski definition) is 2. The third kappa shape index (κ3) is 2.60. The minimum atomic E-state index is -0.642. The molecule has 0 unspecified atom stereocenters. The maximum atomic E-state index is 10.9. The lowest BCUT2D eigenvalue weighted by molar-refractivity contribution is 0.00527. The van der Waals surface area contributed by atoms with Gasteiger partial charge in [-0.3, -0.25) is 0 Å². The van der Waals surface area contributed by atoms with Crippen molar-refractivity contribution < 1.29 is 5.11 Å². The highest BCUT2D eigenvalue weighted by Crippen LogP contribution is 2.35. The molecule has 0 aliphatic carbocycles. The van der Waals surface area contributed by atoms with Gasteiger partial charge in [0.05, 0.1) is 5.60 Å². The zero-order valence-corrected chi connectivity index (χ0v) is 12.0. The molecule has 1 saturated heterocycles. The fourth-order valence-corrected chi connectivity index (χ4v) is 2.70. The van der Waals surface area contributed by atoms with Gasteiger partial charge in [0.2, 0.25) is 0 Å². The van der Waals surface area contributed by atoms with Crippen molar-refractivity contribution >= 4 is 0 Å². The summed E-state index contributed by atoms with van der Waals surface area (Å²) in [5.74, 6) is 0. The van der Waals surface area contributed by atoms with E-state index in [1.807, 2.05) is 0 Å². The molecule has 1 aromatic rings. The van der Waals surface area contributed by atoms with Crippen LogP contribution < -0.4 is 5.32 Å². The van der Waals surface area contributed by atoms with Gasteiger partial charge in [0.25, 0.3) is 0 Å². The Morgan fingerprint density at radius 2 is 1.78 bits per heavy atom. The van der Waals surface area contributed by atoms with Crippen LogP contribution in [0.1, 0.15) is 50.3 Å².